The van der Waals surface area contributed by atoms with Crippen LogP contribution in [-0.4, -0.2) is 41.8 Å². The number of carboxylic acid groups (broad SMARTS) is 1. The van der Waals surface area contributed by atoms with E-state index in [1.165, 1.54) is 0 Å². The van der Waals surface area contributed by atoms with E-state index in [4.69, 9.17) is 5.11 Å². The average Bonchev–Trinajstić information content (AvgIpc) is 2.23. The van der Waals surface area contributed by atoms with Gasteiger partial charge < -0.3 is 10.0 Å². The molecule has 0 amide bonds. The molecule has 1 heterocycles. The Balaban J connectivity index is 2.54. The number of alkyl halides is 3. The van der Waals surface area contributed by atoms with Crippen LogP contribution in [0.3, 0.4) is 0 Å². The molecule has 0 radical (unpaired) electrons. The van der Waals surface area contributed by atoms with E-state index < -0.39 is 24.6 Å². The molecular weight excluding hydrogens is 259 g/mol. The van der Waals surface area contributed by atoms with E-state index in [-0.39, 0.29) is 5.41 Å². The summed E-state index contributed by atoms with van der Waals surface area (Å²) in [5, 5.41) is 8.67. The monoisotopic (exact) mass is 281 g/mol. The first-order valence-corrected chi connectivity index (χ1v) is 6.53. The Labute approximate surface area is 111 Å². The maximum atomic E-state index is 12.6. The lowest BCUT2D eigenvalue weighted by atomic mass is 9.75. The Kier molecular flexibility index (Phi) is 4.87. The van der Waals surface area contributed by atoms with Crippen LogP contribution in [0.1, 0.15) is 33.6 Å². The van der Waals surface area contributed by atoms with Gasteiger partial charge in [-0.2, -0.15) is 13.2 Å². The third kappa shape index (κ3) is 4.67. The second kappa shape index (κ2) is 5.69. The number of piperidine rings is 1. The van der Waals surface area contributed by atoms with Crippen molar-refractivity contribution in [3.05, 3.63) is 0 Å². The van der Waals surface area contributed by atoms with Crippen LogP contribution in [0.2, 0.25) is 0 Å². The molecule has 0 spiro atoms. The molecule has 0 aromatic carbocycles. The number of likely N-dealkylation sites (tertiary alicyclic amines) is 1. The van der Waals surface area contributed by atoms with Gasteiger partial charge in [-0.25, -0.2) is 0 Å². The highest BCUT2D eigenvalue weighted by Gasteiger charge is 2.46. The van der Waals surface area contributed by atoms with Crippen LogP contribution in [0.25, 0.3) is 0 Å². The van der Waals surface area contributed by atoms with E-state index in [2.05, 4.69) is 20.8 Å². The average molecular weight is 281 g/mol. The van der Waals surface area contributed by atoms with Crippen LogP contribution in [0.5, 0.6) is 0 Å². The van der Waals surface area contributed by atoms with Crippen molar-refractivity contribution in [2.45, 2.75) is 39.8 Å². The van der Waals surface area contributed by atoms with E-state index in [0.29, 0.717) is 19.0 Å². The van der Waals surface area contributed by atoms with Crippen molar-refractivity contribution in [1.29, 1.82) is 0 Å². The number of carboxylic acids is 1. The minimum atomic E-state index is -4.67. The molecule has 19 heavy (non-hydrogen) atoms. The number of aliphatic carboxylic acids is 1. The third-order valence-electron chi connectivity index (χ3n) is 3.95. The number of rotatable bonds is 3. The van der Waals surface area contributed by atoms with Gasteiger partial charge in [-0.15, -0.1) is 0 Å². The van der Waals surface area contributed by atoms with Gasteiger partial charge in [-0.3, -0.25) is 4.79 Å². The van der Waals surface area contributed by atoms with E-state index in [9.17, 15) is 18.0 Å². The quantitative estimate of drug-likeness (QED) is 0.864. The van der Waals surface area contributed by atoms with Gasteiger partial charge in [0.2, 0.25) is 0 Å². The van der Waals surface area contributed by atoms with Gasteiger partial charge in [0.15, 0.2) is 5.92 Å². The molecule has 1 unspecified atom stereocenters. The van der Waals surface area contributed by atoms with Crippen molar-refractivity contribution < 1.29 is 23.1 Å². The first-order chi connectivity index (χ1) is 8.51. The Hall–Kier alpha value is -0.780. The van der Waals surface area contributed by atoms with Crippen molar-refractivity contribution in [2.24, 2.45) is 17.3 Å². The Bertz CT molecular complexity index is 315. The summed E-state index contributed by atoms with van der Waals surface area (Å²) < 4.78 is 37.8. The van der Waals surface area contributed by atoms with Crippen LogP contribution in [0.15, 0.2) is 0 Å². The minimum absolute atomic E-state index is 0.155. The molecular formula is C13H22F3NO2. The summed E-state index contributed by atoms with van der Waals surface area (Å²) in [6.07, 6.45) is -3.02. The molecule has 1 N–H and O–H groups in total. The zero-order chi connectivity index (χ0) is 14.8. The fourth-order valence-corrected chi connectivity index (χ4v) is 2.56. The summed E-state index contributed by atoms with van der Waals surface area (Å²) >= 11 is 0. The van der Waals surface area contributed by atoms with Crippen LogP contribution in [0.4, 0.5) is 13.2 Å². The summed E-state index contributed by atoms with van der Waals surface area (Å²) in [7, 11) is 0. The summed E-state index contributed by atoms with van der Waals surface area (Å²) in [4.78, 5) is 12.3. The first-order valence-electron chi connectivity index (χ1n) is 6.53. The molecule has 1 rings (SSSR count). The van der Waals surface area contributed by atoms with Gasteiger partial charge in [0.1, 0.15) is 0 Å². The van der Waals surface area contributed by atoms with Crippen molar-refractivity contribution in [3.63, 3.8) is 0 Å². The Morgan fingerprint density at radius 2 is 1.74 bits per heavy atom. The van der Waals surface area contributed by atoms with Gasteiger partial charge in [-0.1, -0.05) is 20.8 Å². The fourth-order valence-electron chi connectivity index (χ4n) is 2.56. The SMILES string of the molecule is CC(C)(C)C1CCN(CC(C(=O)O)C(F)(F)F)CC1. The van der Waals surface area contributed by atoms with Crippen molar-refractivity contribution in [3.8, 4) is 0 Å². The van der Waals surface area contributed by atoms with E-state index in [1.807, 2.05) is 0 Å². The Morgan fingerprint density at radius 3 is 2.05 bits per heavy atom. The standard InChI is InChI=1S/C13H22F3NO2/c1-12(2,3)9-4-6-17(7-5-9)8-10(11(18)19)13(14,15)16/h9-10H,4-8H2,1-3H3,(H,18,19). The van der Waals surface area contributed by atoms with Crippen LogP contribution in [-0.2, 0) is 4.79 Å². The Morgan fingerprint density at radius 1 is 1.26 bits per heavy atom. The number of hydrogen-bond donors (Lipinski definition) is 1. The molecule has 0 bridgehead atoms. The number of halogens is 3. The molecule has 1 aliphatic heterocycles. The molecule has 0 aliphatic carbocycles. The molecule has 1 saturated heterocycles. The van der Waals surface area contributed by atoms with Crippen molar-refractivity contribution in [2.75, 3.05) is 19.6 Å². The summed E-state index contributed by atoms with van der Waals surface area (Å²) in [5.74, 6) is -3.58. The molecule has 6 heteroatoms. The largest absolute Gasteiger partial charge is 0.481 e. The van der Waals surface area contributed by atoms with E-state index >= 15 is 0 Å². The first kappa shape index (κ1) is 16.3. The second-order valence-corrected chi connectivity index (χ2v) is 6.37. The fraction of sp³-hybridized carbons (Fsp3) is 0.923. The highest BCUT2D eigenvalue weighted by molar-refractivity contribution is 5.71. The maximum Gasteiger partial charge on any atom is 0.403 e. The highest BCUT2D eigenvalue weighted by atomic mass is 19.4. The van der Waals surface area contributed by atoms with Crippen LogP contribution >= 0.6 is 0 Å². The number of hydrogen-bond acceptors (Lipinski definition) is 2. The normalized spacial score (nSPS) is 21.4. The second-order valence-electron chi connectivity index (χ2n) is 6.37. The van der Waals surface area contributed by atoms with Crippen molar-refractivity contribution >= 4 is 5.97 Å². The van der Waals surface area contributed by atoms with Gasteiger partial charge in [0.25, 0.3) is 0 Å². The molecule has 0 aromatic heterocycles. The molecule has 1 fully saturated rings. The van der Waals surface area contributed by atoms with Crippen LogP contribution in [0, 0.1) is 17.3 Å². The van der Waals surface area contributed by atoms with Gasteiger partial charge in [0.05, 0.1) is 0 Å². The summed E-state index contributed by atoms with van der Waals surface area (Å²) in [6, 6.07) is 0. The molecule has 0 aromatic rings. The molecule has 1 aliphatic rings. The zero-order valence-electron chi connectivity index (χ0n) is 11.6. The third-order valence-corrected chi connectivity index (χ3v) is 3.95. The number of nitrogens with zero attached hydrogens (tertiary/aromatic N) is 1. The van der Waals surface area contributed by atoms with Gasteiger partial charge in [-0.05, 0) is 37.3 Å². The van der Waals surface area contributed by atoms with Gasteiger partial charge in [0, 0.05) is 6.54 Å². The molecule has 112 valence electrons. The van der Waals surface area contributed by atoms with E-state index in [1.54, 1.807) is 4.90 Å². The summed E-state index contributed by atoms with van der Waals surface area (Å²) in [6.45, 7) is 7.04. The van der Waals surface area contributed by atoms with Crippen LogP contribution < -0.4 is 0 Å². The van der Waals surface area contributed by atoms with E-state index in [0.717, 1.165) is 12.8 Å². The lowest BCUT2D eigenvalue weighted by Gasteiger charge is -2.39. The topological polar surface area (TPSA) is 40.5 Å². The maximum absolute atomic E-state index is 12.6. The predicted octanol–water partition coefficient (Wildman–Crippen LogP) is 3.01. The lowest BCUT2D eigenvalue weighted by Crippen LogP contribution is -2.45. The van der Waals surface area contributed by atoms with Crippen molar-refractivity contribution in [1.82, 2.24) is 4.90 Å². The molecule has 0 saturated carbocycles. The number of carbonyl (C=O) groups is 1. The highest BCUT2D eigenvalue weighted by Crippen LogP contribution is 2.35. The summed E-state index contributed by atoms with van der Waals surface area (Å²) in [5.41, 5.74) is 0.155. The smallest absolute Gasteiger partial charge is 0.403 e. The van der Waals surface area contributed by atoms with Gasteiger partial charge >= 0.3 is 12.1 Å². The lowest BCUT2D eigenvalue weighted by molar-refractivity contribution is -0.197. The minimum Gasteiger partial charge on any atom is -0.481 e. The predicted molar refractivity (Wildman–Crippen MR) is 65.8 cm³/mol. The molecule has 3 nitrogen and oxygen atoms in total. The molecule has 1 atom stereocenters. The zero-order valence-corrected chi connectivity index (χ0v) is 11.6.